The van der Waals surface area contributed by atoms with Crippen molar-refractivity contribution in [3.63, 3.8) is 0 Å². The monoisotopic (exact) mass is 238 g/mol. The van der Waals surface area contributed by atoms with Gasteiger partial charge >= 0.3 is 0 Å². The van der Waals surface area contributed by atoms with Crippen molar-refractivity contribution in [1.82, 2.24) is 9.97 Å². The summed E-state index contributed by atoms with van der Waals surface area (Å²) in [6, 6.07) is 0. The quantitative estimate of drug-likeness (QED) is 0.676. The van der Waals surface area contributed by atoms with Crippen molar-refractivity contribution in [3.8, 4) is 0 Å². The average Bonchev–Trinajstić information content (AvgIpc) is 2.26. The highest BCUT2D eigenvalue weighted by Crippen LogP contribution is 2.16. The van der Waals surface area contributed by atoms with Gasteiger partial charge in [-0.05, 0) is 26.7 Å². The van der Waals surface area contributed by atoms with Crippen LogP contribution in [0.1, 0.15) is 33.6 Å². The minimum atomic E-state index is -0.188. The molecule has 0 saturated carbocycles. The summed E-state index contributed by atoms with van der Waals surface area (Å²) in [4.78, 5) is 8.54. The molecule has 5 heteroatoms. The minimum Gasteiger partial charge on any atom is -0.396 e. The van der Waals surface area contributed by atoms with Gasteiger partial charge in [0.05, 0.1) is 12.4 Å². The number of aliphatic hydroxyl groups is 1. The van der Waals surface area contributed by atoms with Crippen LogP contribution in [-0.4, -0.2) is 33.8 Å². The van der Waals surface area contributed by atoms with Crippen LogP contribution in [0.15, 0.2) is 12.4 Å². The lowest BCUT2D eigenvalue weighted by molar-refractivity contribution is 0.260. The fourth-order valence-corrected chi connectivity index (χ4v) is 1.45. The van der Waals surface area contributed by atoms with Crippen LogP contribution < -0.4 is 10.6 Å². The second-order valence-electron chi connectivity index (χ2n) is 4.70. The van der Waals surface area contributed by atoms with Gasteiger partial charge in [-0.2, -0.15) is 0 Å². The summed E-state index contributed by atoms with van der Waals surface area (Å²) in [5.74, 6) is 1.50. The summed E-state index contributed by atoms with van der Waals surface area (Å²) in [7, 11) is 0. The molecule has 0 radical (unpaired) electrons. The Morgan fingerprint density at radius 3 is 2.65 bits per heavy atom. The summed E-state index contributed by atoms with van der Waals surface area (Å²) in [5, 5.41) is 15.4. The summed E-state index contributed by atoms with van der Waals surface area (Å²) in [6.45, 7) is 7.19. The van der Waals surface area contributed by atoms with E-state index < -0.39 is 0 Å². The van der Waals surface area contributed by atoms with E-state index in [1.807, 2.05) is 13.8 Å². The van der Waals surface area contributed by atoms with Gasteiger partial charge in [-0.3, -0.25) is 4.98 Å². The highest BCUT2D eigenvalue weighted by Gasteiger charge is 2.17. The van der Waals surface area contributed by atoms with Crippen LogP contribution in [-0.2, 0) is 0 Å². The van der Waals surface area contributed by atoms with E-state index in [1.54, 1.807) is 12.4 Å². The van der Waals surface area contributed by atoms with Gasteiger partial charge in [0.1, 0.15) is 11.6 Å². The molecule has 0 aliphatic carbocycles. The Morgan fingerprint density at radius 1 is 1.29 bits per heavy atom. The summed E-state index contributed by atoms with van der Waals surface area (Å²) in [6.07, 6.45) is 5.12. The van der Waals surface area contributed by atoms with Crippen LogP contribution in [0.2, 0.25) is 0 Å². The van der Waals surface area contributed by atoms with E-state index >= 15 is 0 Å². The lowest BCUT2D eigenvalue weighted by Crippen LogP contribution is -2.32. The van der Waals surface area contributed by atoms with E-state index in [-0.39, 0.29) is 12.1 Å². The Labute approximate surface area is 103 Å². The maximum Gasteiger partial charge on any atom is 0.147 e. The number of nitrogens with one attached hydrogen (secondary N) is 2. The topological polar surface area (TPSA) is 70.1 Å². The van der Waals surface area contributed by atoms with Gasteiger partial charge in [-0.1, -0.05) is 6.92 Å². The van der Waals surface area contributed by atoms with Crippen LogP contribution in [0.3, 0.4) is 0 Å². The molecule has 0 amide bonds. The predicted molar refractivity (Wildman–Crippen MR) is 70.2 cm³/mol. The van der Waals surface area contributed by atoms with Crippen molar-refractivity contribution in [2.45, 2.75) is 39.2 Å². The molecule has 1 rings (SSSR count). The molecule has 0 fully saturated rings. The van der Waals surface area contributed by atoms with E-state index in [0.29, 0.717) is 6.42 Å². The van der Waals surface area contributed by atoms with Crippen LogP contribution in [0, 0.1) is 0 Å². The summed E-state index contributed by atoms with van der Waals surface area (Å²) >= 11 is 0. The van der Waals surface area contributed by atoms with Gasteiger partial charge in [-0.15, -0.1) is 0 Å². The summed E-state index contributed by atoms with van der Waals surface area (Å²) in [5.41, 5.74) is -0.188. The highest BCUT2D eigenvalue weighted by atomic mass is 16.3. The third-order valence-corrected chi connectivity index (χ3v) is 2.39. The number of rotatable bonds is 7. The third kappa shape index (κ3) is 4.99. The van der Waals surface area contributed by atoms with E-state index in [2.05, 4.69) is 27.5 Å². The molecule has 0 aliphatic rings. The molecule has 1 aromatic heterocycles. The van der Waals surface area contributed by atoms with E-state index in [9.17, 15) is 0 Å². The Bertz CT molecular complexity index is 341. The normalized spacial score (nSPS) is 11.3. The van der Waals surface area contributed by atoms with Gasteiger partial charge in [0.25, 0.3) is 0 Å². The zero-order valence-corrected chi connectivity index (χ0v) is 10.8. The third-order valence-electron chi connectivity index (χ3n) is 2.39. The number of nitrogens with zero attached hydrogens (tertiary/aromatic N) is 2. The molecule has 0 aliphatic heterocycles. The molecule has 0 spiro atoms. The fourth-order valence-electron chi connectivity index (χ4n) is 1.45. The number of aromatic nitrogens is 2. The molecule has 1 aromatic rings. The van der Waals surface area contributed by atoms with Crippen molar-refractivity contribution >= 4 is 11.6 Å². The van der Waals surface area contributed by atoms with Gasteiger partial charge < -0.3 is 15.7 Å². The number of hydrogen-bond acceptors (Lipinski definition) is 5. The van der Waals surface area contributed by atoms with Crippen molar-refractivity contribution in [3.05, 3.63) is 12.4 Å². The van der Waals surface area contributed by atoms with Crippen LogP contribution in [0.25, 0.3) is 0 Å². The molecule has 0 aromatic carbocycles. The van der Waals surface area contributed by atoms with Crippen molar-refractivity contribution < 1.29 is 5.11 Å². The standard InChI is InChI=1S/C12H22N4O/c1-4-6-14-10-8-13-9-11(15-10)16-12(2,3)5-7-17/h8-9,17H,4-7H2,1-3H3,(H2,14,15,16). The number of anilines is 2. The molecule has 1 heterocycles. The minimum absolute atomic E-state index is 0.154. The van der Waals surface area contributed by atoms with Crippen LogP contribution in [0.5, 0.6) is 0 Å². The predicted octanol–water partition coefficient (Wildman–Crippen LogP) is 1.87. The average molecular weight is 238 g/mol. The highest BCUT2D eigenvalue weighted by molar-refractivity contribution is 5.42. The molecule has 17 heavy (non-hydrogen) atoms. The van der Waals surface area contributed by atoms with Crippen molar-refractivity contribution in [2.75, 3.05) is 23.8 Å². The Hall–Kier alpha value is -1.36. The van der Waals surface area contributed by atoms with Crippen LogP contribution in [0.4, 0.5) is 11.6 Å². The van der Waals surface area contributed by atoms with E-state index in [0.717, 1.165) is 24.6 Å². The Kier molecular flexibility index (Phi) is 5.15. The lowest BCUT2D eigenvalue weighted by atomic mass is 10.0. The largest absolute Gasteiger partial charge is 0.396 e. The fraction of sp³-hybridized carbons (Fsp3) is 0.667. The molecular weight excluding hydrogens is 216 g/mol. The Balaban J connectivity index is 2.64. The molecular formula is C12H22N4O. The van der Waals surface area contributed by atoms with Crippen molar-refractivity contribution in [2.24, 2.45) is 0 Å². The first-order chi connectivity index (χ1) is 8.07. The Morgan fingerprint density at radius 2 is 2.00 bits per heavy atom. The lowest BCUT2D eigenvalue weighted by Gasteiger charge is -2.25. The number of aliphatic hydroxyl groups excluding tert-OH is 1. The maximum atomic E-state index is 8.96. The molecule has 96 valence electrons. The zero-order chi connectivity index (χ0) is 12.7. The maximum absolute atomic E-state index is 8.96. The van der Waals surface area contributed by atoms with Gasteiger partial charge in [0.15, 0.2) is 0 Å². The first-order valence-corrected chi connectivity index (χ1v) is 6.02. The van der Waals surface area contributed by atoms with E-state index in [1.165, 1.54) is 0 Å². The number of hydrogen-bond donors (Lipinski definition) is 3. The second kappa shape index (κ2) is 6.39. The van der Waals surface area contributed by atoms with Crippen molar-refractivity contribution in [1.29, 1.82) is 0 Å². The first-order valence-electron chi connectivity index (χ1n) is 6.02. The van der Waals surface area contributed by atoms with Gasteiger partial charge in [0, 0.05) is 18.7 Å². The van der Waals surface area contributed by atoms with Gasteiger partial charge in [-0.25, -0.2) is 4.98 Å². The summed E-state index contributed by atoms with van der Waals surface area (Å²) < 4.78 is 0. The van der Waals surface area contributed by atoms with Gasteiger partial charge in [0.2, 0.25) is 0 Å². The van der Waals surface area contributed by atoms with Crippen LogP contribution >= 0.6 is 0 Å². The van der Waals surface area contributed by atoms with E-state index in [4.69, 9.17) is 5.11 Å². The molecule has 0 saturated heterocycles. The molecule has 3 N–H and O–H groups in total. The smallest absolute Gasteiger partial charge is 0.147 e. The second-order valence-corrected chi connectivity index (χ2v) is 4.70. The molecule has 0 atom stereocenters. The molecule has 0 bridgehead atoms. The molecule has 5 nitrogen and oxygen atoms in total. The zero-order valence-electron chi connectivity index (χ0n) is 10.8. The molecule has 0 unspecified atom stereocenters. The first kappa shape index (κ1) is 13.7. The SMILES string of the molecule is CCCNc1cncc(NC(C)(C)CCO)n1.